The molecule has 6 nitrogen and oxygen atoms in total. The summed E-state index contributed by atoms with van der Waals surface area (Å²) in [4.78, 5) is 39.1. The molecule has 4 rings (SSSR count). The van der Waals surface area contributed by atoms with Crippen molar-refractivity contribution in [3.63, 3.8) is 0 Å². The molecule has 1 aliphatic carbocycles. The van der Waals surface area contributed by atoms with Gasteiger partial charge in [0, 0.05) is 31.0 Å². The second-order valence-electron chi connectivity index (χ2n) is 10.2. The van der Waals surface area contributed by atoms with Gasteiger partial charge >= 0.3 is 11.6 Å². The van der Waals surface area contributed by atoms with E-state index in [0.29, 0.717) is 16.9 Å². The number of fused-ring (bicyclic) bond motifs is 3. The molecule has 2 aromatic rings. The summed E-state index contributed by atoms with van der Waals surface area (Å²) in [7, 11) is 0. The maximum absolute atomic E-state index is 13.2. The van der Waals surface area contributed by atoms with Crippen LogP contribution in [-0.4, -0.2) is 29.4 Å². The molecular weight excluding hydrogens is 382 g/mol. The summed E-state index contributed by atoms with van der Waals surface area (Å²) in [6.07, 6.45) is 3.19. The number of aryl methyl sites for hydroxylation is 1. The van der Waals surface area contributed by atoms with E-state index >= 15 is 0 Å². The van der Waals surface area contributed by atoms with Gasteiger partial charge in [-0.1, -0.05) is 20.8 Å². The molecule has 1 aromatic carbocycles. The Morgan fingerprint density at radius 2 is 1.97 bits per heavy atom. The van der Waals surface area contributed by atoms with Crippen molar-refractivity contribution in [1.82, 2.24) is 4.90 Å². The van der Waals surface area contributed by atoms with E-state index in [2.05, 4.69) is 20.8 Å². The van der Waals surface area contributed by atoms with Gasteiger partial charge in [0.1, 0.15) is 11.3 Å². The SMILES string of the molecule is CC(=O)Oc1ccc2c(C)c(CC(=O)N3C[C@@]4(C)C[C@@H]3CC(C)(C)C4)c(=O)oc2c1. The summed E-state index contributed by atoms with van der Waals surface area (Å²) in [5, 5.41) is 0.738. The fourth-order valence-electron chi connectivity index (χ4n) is 5.81. The van der Waals surface area contributed by atoms with Gasteiger partial charge in [0.2, 0.25) is 5.91 Å². The van der Waals surface area contributed by atoms with Crippen LogP contribution in [0.4, 0.5) is 0 Å². The minimum absolute atomic E-state index is 0.00675. The van der Waals surface area contributed by atoms with E-state index < -0.39 is 11.6 Å². The first kappa shape index (κ1) is 20.6. The highest BCUT2D eigenvalue weighted by atomic mass is 16.5. The van der Waals surface area contributed by atoms with Crippen LogP contribution in [0.3, 0.4) is 0 Å². The molecule has 0 N–H and O–H groups in total. The number of esters is 1. The first-order valence-corrected chi connectivity index (χ1v) is 10.5. The molecule has 1 amide bonds. The van der Waals surface area contributed by atoms with E-state index in [1.165, 1.54) is 13.0 Å². The number of nitrogens with zero attached hydrogens (tertiary/aromatic N) is 1. The molecule has 2 heterocycles. The first-order chi connectivity index (χ1) is 14.0. The zero-order valence-electron chi connectivity index (χ0n) is 18.3. The van der Waals surface area contributed by atoms with E-state index in [1.54, 1.807) is 12.1 Å². The summed E-state index contributed by atoms with van der Waals surface area (Å²) in [6, 6.07) is 5.19. The lowest BCUT2D eigenvalue weighted by molar-refractivity contribution is -0.132. The van der Waals surface area contributed by atoms with Crippen LogP contribution in [0, 0.1) is 17.8 Å². The lowest BCUT2D eigenvalue weighted by atomic mass is 9.65. The molecule has 2 bridgehead atoms. The number of hydrogen-bond acceptors (Lipinski definition) is 5. The van der Waals surface area contributed by atoms with Crippen molar-refractivity contribution in [3.05, 3.63) is 39.7 Å². The molecule has 160 valence electrons. The summed E-state index contributed by atoms with van der Waals surface area (Å²) in [5.74, 6) is -0.127. The average Bonchev–Trinajstić information content (AvgIpc) is 2.86. The van der Waals surface area contributed by atoms with Crippen LogP contribution in [0.25, 0.3) is 11.0 Å². The van der Waals surface area contributed by atoms with Crippen LogP contribution in [0.1, 0.15) is 58.1 Å². The Hall–Kier alpha value is -2.63. The number of benzene rings is 1. The lowest BCUT2D eigenvalue weighted by Crippen LogP contribution is -2.39. The number of amides is 1. The maximum Gasteiger partial charge on any atom is 0.340 e. The third-order valence-corrected chi connectivity index (χ3v) is 6.58. The maximum atomic E-state index is 13.2. The van der Waals surface area contributed by atoms with Crippen molar-refractivity contribution < 1.29 is 18.7 Å². The fourth-order valence-corrected chi connectivity index (χ4v) is 5.81. The molecule has 1 saturated carbocycles. The van der Waals surface area contributed by atoms with Crippen molar-refractivity contribution in [3.8, 4) is 5.75 Å². The summed E-state index contributed by atoms with van der Waals surface area (Å²) in [5.41, 5.74) is 1.35. The van der Waals surface area contributed by atoms with Gasteiger partial charge in [0.25, 0.3) is 0 Å². The Balaban J connectivity index is 1.62. The first-order valence-electron chi connectivity index (χ1n) is 10.5. The summed E-state index contributed by atoms with van der Waals surface area (Å²) in [6.45, 7) is 10.7. The van der Waals surface area contributed by atoms with Gasteiger partial charge in [-0.3, -0.25) is 9.59 Å². The highest BCUT2D eigenvalue weighted by Gasteiger charge is 2.50. The van der Waals surface area contributed by atoms with Crippen LogP contribution in [0.15, 0.2) is 27.4 Å². The van der Waals surface area contributed by atoms with Gasteiger partial charge in [-0.15, -0.1) is 0 Å². The molecule has 6 heteroatoms. The Morgan fingerprint density at radius 3 is 2.67 bits per heavy atom. The predicted molar refractivity (Wildman–Crippen MR) is 113 cm³/mol. The molecule has 1 aromatic heterocycles. The number of carbonyl (C=O) groups is 2. The normalized spacial score (nSPS) is 24.8. The minimum Gasteiger partial charge on any atom is -0.427 e. The molecule has 2 aliphatic rings. The summed E-state index contributed by atoms with van der Waals surface area (Å²) < 4.78 is 10.6. The second-order valence-corrected chi connectivity index (χ2v) is 10.2. The number of ether oxygens (including phenoxy) is 1. The van der Waals surface area contributed by atoms with Crippen molar-refractivity contribution in [2.45, 2.75) is 66.3 Å². The Bertz CT molecular complexity index is 1100. The quantitative estimate of drug-likeness (QED) is 0.433. The number of rotatable bonds is 3. The molecule has 30 heavy (non-hydrogen) atoms. The second kappa shape index (κ2) is 6.96. The van der Waals surface area contributed by atoms with Gasteiger partial charge in [-0.25, -0.2) is 4.79 Å². The third-order valence-electron chi connectivity index (χ3n) is 6.58. The molecule has 2 fully saturated rings. The molecule has 1 saturated heterocycles. The van der Waals surface area contributed by atoms with Gasteiger partial charge in [0.05, 0.1) is 12.0 Å². The highest BCUT2D eigenvalue weighted by Crippen LogP contribution is 2.52. The van der Waals surface area contributed by atoms with E-state index in [1.807, 2.05) is 11.8 Å². The van der Waals surface area contributed by atoms with E-state index in [9.17, 15) is 14.4 Å². The van der Waals surface area contributed by atoms with Crippen LogP contribution in [-0.2, 0) is 16.0 Å². The zero-order chi connectivity index (χ0) is 21.8. The molecule has 1 aliphatic heterocycles. The largest absolute Gasteiger partial charge is 0.427 e. The van der Waals surface area contributed by atoms with Crippen LogP contribution < -0.4 is 10.4 Å². The van der Waals surface area contributed by atoms with Crippen molar-refractivity contribution >= 4 is 22.8 Å². The monoisotopic (exact) mass is 411 g/mol. The topological polar surface area (TPSA) is 76.8 Å². The zero-order valence-corrected chi connectivity index (χ0v) is 18.3. The Labute approximate surface area is 176 Å². The predicted octanol–water partition coefficient (Wildman–Crippen LogP) is 4.00. The van der Waals surface area contributed by atoms with Crippen molar-refractivity contribution in [1.29, 1.82) is 0 Å². The van der Waals surface area contributed by atoms with Crippen LogP contribution in [0.2, 0.25) is 0 Å². The van der Waals surface area contributed by atoms with Crippen molar-refractivity contribution in [2.24, 2.45) is 10.8 Å². The minimum atomic E-state index is -0.512. The van der Waals surface area contributed by atoms with E-state index in [0.717, 1.165) is 36.8 Å². The van der Waals surface area contributed by atoms with E-state index in [-0.39, 0.29) is 29.2 Å². The van der Waals surface area contributed by atoms with Crippen LogP contribution in [0.5, 0.6) is 5.75 Å². The number of carbonyl (C=O) groups excluding carboxylic acids is 2. The molecular formula is C24H29NO5. The smallest absolute Gasteiger partial charge is 0.340 e. The molecule has 2 atom stereocenters. The molecule has 0 radical (unpaired) electrons. The molecule has 0 unspecified atom stereocenters. The summed E-state index contributed by atoms with van der Waals surface area (Å²) >= 11 is 0. The van der Waals surface area contributed by atoms with Gasteiger partial charge < -0.3 is 14.1 Å². The standard InChI is InChI=1S/C24H29NO5/c1-14-18-7-6-17(29-15(2)26)8-20(18)30-22(28)19(14)9-21(27)25-13-24(5)11-16(25)10-23(3,4)12-24/h6-8,16H,9-13H2,1-5H3/t16-,24-/m0/s1. The highest BCUT2D eigenvalue weighted by molar-refractivity contribution is 5.86. The third kappa shape index (κ3) is 3.75. The van der Waals surface area contributed by atoms with Crippen molar-refractivity contribution in [2.75, 3.05) is 6.54 Å². The van der Waals surface area contributed by atoms with Gasteiger partial charge in [-0.05, 0) is 54.7 Å². The molecule has 0 spiro atoms. The average molecular weight is 411 g/mol. The van der Waals surface area contributed by atoms with E-state index in [4.69, 9.17) is 9.15 Å². The number of likely N-dealkylation sites (tertiary alicyclic amines) is 1. The van der Waals surface area contributed by atoms with Gasteiger partial charge in [0.15, 0.2) is 0 Å². The van der Waals surface area contributed by atoms with Crippen LogP contribution >= 0.6 is 0 Å². The fraction of sp³-hybridized carbons (Fsp3) is 0.542. The Morgan fingerprint density at radius 1 is 1.23 bits per heavy atom. The number of hydrogen-bond donors (Lipinski definition) is 0. The Kier molecular flexibility index (Phi) is 4.79. The lowest BCUT2D eigenvalue weighted by Gasteiger charge is -2.39. The van der Waals surface area contributed by atoms with Gasteiger partial charge in [-0.2, -0.15) is 0 Å².